The van der Waals surface area contributed by atoms with Crippen molar-refractivity contribution in [2.75, 3.05) is 17.7 Å². The van der Waals surface area contributed by atoms with Crippen LogP contribution in [0.5, 0.6) is 5.75 Å². The quantitative estimate of drug-likeness (QED) is 0.648. The SMILES string of the molecule is COc1ccc(CNc2cc(NC(C)(C)C)nc(-c3ccccc3)n2)cc1. The van der Waals surface area contributed by atoms with Crippen LogP contribution < -0.4 is 15.4 Å². The van der Waals surface area contributed by atoms with Crippen LogP contribution in [0.25, 0.3) is 11.4 Å². The lowest BCUT2D eigenvalue weighted by Gasteiger charge is -2.22. The molecule has 0 unspecified atom stereocenters. The highest BCUT2D eigenvalue weighted by atomic mass is 16.5. The van der Waals surface area contributed by atoms with Gasteiger partial charge in [0.2, 0.25) is 0 Å². The first-order chi connectivity index (χ1) is 12.9. The Morgan fingerprint density at radius 2 is 1.56 bits per heavy atom. The van der Waals surface area contributed by atoms with E-state index in [9.17, 15) is 0 Å². The first-order valence-corrected chi connectivity index (χ1v) is 9.02. The van der Waals surface area contributed by atoms with Crippen LogP contribution in [0.4, 0.5) is 11.6 Å². The molecule has 0 aliphatic rings. The predicted octanol–water partition coefficient (Wildman–Crippen LogP) is 4.97. The van der Waals surface area contributed by atoms with Gasteiger partial charge in [-0.25, -0.2) is 9.97 Å². The van der Waals surface area contributed by atoms with E-state index in [1.165, 1.54) is 0 Å². The number of methoxy groups -OCH3 is 1. The number of nitrogens with zero attached hydrogens (tertiary/aromatic N) is 2. The number of benzene rings is 2. The maximum absolute atomic E-state index is 5.21. The monoisotopic (exact) mass is 362 g/mol. The molecule has 0 spiro atoms. The van der Waals surface area contributed by atoms with E-state index in [0.29, 0.717) is 12.4 Å². The smallest absolute Gasteiger partial charge is 0.163 e. The molecule has 0 bridgehead atoms. The van der Waals surface area contributed by atoms with Gasteiger partial charge in [0, 0.05) is 23.7 Å². The highest BCUT2D eigenvalue weighted by Crippen LogP contribution is 2.22. The van der Waals surface area contributed by atoms with Crippen LogP contribution in [0, 0.1) is 0 Å². The molecule has 5 nitrogen and oxygen atoms in total. The van der Waals surface area contributed by atoms with Crippen molar-refractivity contribution >= 4 is 11.6 Å². The second-order valence-corrected chi connectivity index (χ2v) is 7.40. The van der Waals surface area contributed by atoms with E-state index in [0.717, 1.165) is 28.5 Å². The Morgan fingerprint density at radius 1 is 0.889 bits per heavy atom. The molecule has 0 saturated heterocycles. The van der Waals surface area contributed by atoms with Gasteiger partial charge in [-0.15, -0.1) is 0 Å². The maximum Gasteiger partial charge on any atom is 0.163 e. The van der Waals surface area contributed by atoms with E-state index in [-0.39, 0.29) is 5.54 Å². The fourth-order valence-corrected chi connectivity index (χ4v) is 2.64. The third-order valence-electron chi connectivity index (χ3n) is 3.89. The predicted molar refractivity (Wildman–Crippen MR) is 111 cm³/mol. The van der Waals surface area contributed by atoms with Crippen LogP contribution in [0.2, 0.25) is 0 Å². The normalized spacial score (nSPS) is 11.1. The van der Waals surface area contributed by atoms with E-state index in [1.54, 1.807) is 7.11 Å². The number of hydrogen-bond donors (Lipinski definition) is 2. The molecule has 0 saturated carbocycles. The Kier molecular flexibility index (Phi) is 5.60. The van der Waals surface area contributed by atoms with Crippen molar-refractivity contribution in [2.24, 2.45) is 0 Å². The third kappa shape index (κ3) is 5.45. The van der Waals surface area contributed by atoms with Crippen molar-refractivity contribution in [2.45, 2.75) is 32.9 Å². The summed E-state index contributed by atoms with van der Waals surface area (Å²) < 4.78 is 5.21. The van der Waals surface area contributed by atoms with E-state index in [4.69, 9.17) is 9.72 Å². The molecule has 0 amide bonds. The number of anilines is 2. The lowest BCUT2D eigenvalue weighted by molar-refractivity contribution is 0.414. The molecule has 2 aromatic carbocycles. The van der Waals surface area contributed by atoms with Crippen LogP contribution in [0.1, 0.15) is 26.3 Å². The van der Waals surface area contributed by atoms with Crippen LogP contribution in [-0.2, 0) is 6.54 Å². The van der Waals surface area contributed by atoms with Crippen molar-refractivity contribution in [3.8, 4) is 17.1 Å². The van der Waals surface area contributed by atoms with Crippen molar-refractivity contribution in [1.82, 2.24) is 9.97 Å². The Bertz CT molecular complexity index is 871. The molecule has 0 atom stereocenters. The minimum absolute atomic E-state index is 0.0877. The van der Waals surface area contributed by atoms with Crippen molar-refractivity contribution in [1.29, 1.82) is 0 Å². The lowest BCUT2D eigenvalue weighted by Crippen LogP contribution is -2.27. The number of hydrogen-bond acceptors (Lipinski definition) is 5. The molecule has 3 aromatic rings. The summed E-state index contributed by atoms with van der Waals surface area (Å²) in [6.45, 7) is 7.01. The lowest BCUT2D eigenvalue weighted by atomic mass is 10.1. The van der Waals surface area contributed by atoms with Crippen molar-refractivity contribution in [3.63, 3.8) is 0 Å². The van der Waals surface area contributed by atoms with E-state index >= 15 is 0 Å². The summed E-state index contributed by atoms with van der Waals surface area (Å²) in [6, 6.07) is 20.0. The summed E-state index contributed by atoms with van der Waals surface area (Å²) >= 11 is 0. The van der Waals surface area contributed by atoms with Crippen molar-refractivity contribution in [3.05, 3.63) is 66.2 Å². The number of nitrogens with one attached hydrogen (secondary N) is 2. The van der Waals surface area contributed by atoms with Crippen LogP contribution in [-0.4, -0.2) is 22.6 Å². The number of aromatic nitrogens is 2. The Labute approximate surface area is 160 Å². The molecule has 0 radical (unpaired) electrons. The van der Waals surface area contributed by atoms with Gasteiger partial charge in [-0.3, -0.25) is 0 Å². The molecule has 2 N–H and O–H groups in total. The molecule has 1 aromatic heterocycles. The summed E-state index contributed by atoms with van der Waals surface area (Å²) in [4.78, 5) is 9.38. The average molecular weight is 362 g/mol. The Hall–Kier alpha value is -3.08. The summed E-state index contributed by atoms with van der Waals surface area (Å²) in [7, 11) is 1.67. The van der Waals surface area contributed by atoms with Gasteiger partial charge < -0.3 is 15.4 Å². The molecule has 0 aliphatic carbocycles. The van der Waals surface area contributed by atoms with E-state index in [1.807, 2.05) is 60.7 Å². The zero-order chi connectivity index (χ0) is 19.3. The molecule has 1 heterocycles. The highest BCUT2D eigenvalue weighted by Gasteiger charge is 2.13. The largest absolute Gasteiger partial charge is 0.497 e. The molecule has 27 heavy (non-hydrogen) atoms. The first-order valence-electron chi connectivity index (χ1n) is 9.02. The standard InChI is InChI=1S/C22H26N4O/c1-22(2,3)26-20-14-19(23-15-16-10-12-18(27-4)13-11-16)24-21(25-20)17-8-6-5-7-9-17/h5-14H,15H2,1-4H3,(H2,23,24,25,26). The summed E-state index contributed by atoms with van der Waals surface area (Å²) in [5, 5.41) is 6.84. The van der Waals surface area contributed by atoms with Crippen LogP contribution >= 0.6 is 0 Å². The zero-order valence-electron chi connectivity index (χ0n) is 16.3. The second-order valence-electron chi connectivity index (χ2n) is 7.40. The third-order valence-corrected chi connectivity index (χ3v) is 3.89. The molecule has 140 valence electrons. The maximum atomic E-state index is 5.21. The fraction of sp³-hybridized carbons (Fsp3) is 0.273. The van der Waals surface area contributed by atoms with Gasteiger partial charge in [0.15, 0.2) is 5.82 Å². The zero-order valence-corrected chi connectivity index (χ0v) is 16.3. The first kappa shape index (κ1) is 18.7. The Morgan fingerprint density at radius 3 is 2.19 bits per heavy atom. The molecular formula is C22H26N4O. The summed E-state index contributed by atoms with van der Waals surface area (Å²) in [5.74, 6) is 3.13. The Balaban J connectivity index is 1.85. The topological polar surface area (TPSA) is 59.1 Å². The summed E-state index contributed by atoms with van der Waals surface area (Å²) in [5.41, 5.74) is 2.05. The van der Waals surface area contributed by atoms with Gasteiger partial charge in [0.25, 0.3) is 0 Å². The van der Waals surface area contributed by atoms with E-state index in [2.05, 4.69) is 36.4 Å². The van der Waals surface area contributed by atoms with Gasteiger partial charge in [0.05, 0.1) is 7.11 Å². The van der Waals surface area contributed by atoms with Crippen molar-refractivity contribution < 1.29 is 4.74 Å². The molecule has 0 fully saturated rings. The highest BCUT2D eigenvalue weighted by molar-refractivity contribution is 5.61. The molecule has 5 heteroatoms. The van der Waals surface area contributed by atoms with Crippen LogP contribution in [0.15, 0.2) is 60.7 Å². The van der Waals surface area contributed by atoms with Gasteiger partial charge in [-0.05, 0) is 38.5 Å². The second kappa shape index (κ2) is 8.08. The molecule has 3 rings (SSSR count). The molecule has 0 aliphatic heterocycles. The fourth-order valence-electron chi connectivity index (χ4n) is 2.64. The number of rotatable bonds is 6. The summed E-state index contributed by atoms with van der Waals surface area (Å²) in [6.07, 6.45) is 0. The minimum Gasteiger partial charge on any atom is -0.497 e. The molecular weight excluding hydrogens is 336 g/mol. The van der Waals surface area contributed by atoms with Crippen LogP contribution in [0.3, 0.4) is 0 Å². The van der Waals surface area contributed by atoms with Gasteiger partial charge >= 0.3 is 0 Å². The average Bonchev–Trinajstić information content (AvgIpc) is 2.66. The van der Waals surface area contributed by atoms with Gasteiger partial charge in [-0.2, -0.15) is 0 Å². The number of ether oxygens (including phenoxy) is 1. The van der Waals surface area contributed by atoms with Gasteiger partial charge in [0.1, 0.15) is 17.4 Å². The minimum atomic E-state index is -0.0877. The van der Waals surface area contributed by atoms with Gasteiger partial charge in [-0.1, -0.05) is 42.5 Å². The van der Waals surface area contributed by atoms with E-state index < -0.39 is 0 Å².